The number of halogens is 1. The van der Waals surface area contributed by atoms with E-state index in [0.29, 0.717) is 11.9 Å². The third kappa shape index (κ3) is 1.64. The Morgan fingerprint density at radius 3 is 2.86 bits per heavy atom. The van der Waals surface area contributed by atoms with Gasteiger partial charge in [-0.15, -0.1) is 0 Å². The van der Waals surface area contributed by atoms with Crippen molar-refractivity contribution in [3.8, 4) is 5.95 Å². The molecule has 0 saturated carbocycles. The third-order valence-electron chi connectivity index (χ3n) is 1.56. The van der Waals surface area contributed by atoms with E-state index < -0.39 is 0 Å². The smallest absolute Gasteiger partial charge is 0.241 e. The maximum absolute atomic E-state index is 5.71. The van der Waals surface area contributed by atoms with Crippen LogP contribution in [0.1, 0.15) is 0 Å². The maximum Gasteiger partial charge on any atom is 0.241 e. The molecule has 0 aliphatic heterocycles. The Morgan fingerprint density at radius 2 is 2.21 bits per heavy atom. The van der Waals surface area contributed by atoms with E-state index in [0.717, 1.165) is 0 Å². The first-order valence-electron chi connectivity index (χ1n) is 3.87. The Bertz CT molecular complexity index is 426. The number of anilines is 1. The van der Waals surface area contributed by atoms with E-state index in [-0.39, 0.29) is 5.28 Å². The number of nitrogens with zero attached hydrogens (tertiary/aromatic N) is 5. The van der Waals surface area contributed by atoms with Crippen LogP contribution < -0.4 is 5.32 Å². The summed E-state index contributed by atoms with van der Waals surface area (Å²) in [5, 5.41) is 2.94. The van der Waals surface area contributed by atoms with Crippen LogP contribution in [-0.2, 0) is 0 Å². The molecule has 7 heteroatoms. The summed E-state index contributed by atoms with van der Waals surface area (Å²) in [5.74, 6) is 0.862. The van der Waals surface area contributed by atoms with Crippen LogP contribution in [0, 0.1) is 0 Å². The van der Waals surface area contributed by atoms with Crippen LogP contribution in [0.15, 0.2) is 18.7 Å². The van der Waals surface area contributed by atoms with Crippen molar-refractivity contribution in [2.24, 2.45) is 0 Å². The van der Waals surface area contributed by atoms with Crippen LogP contribution in [0.3, 0.4) is 0 Å². The van der Waals surface area contributed by atoms with Gasteiger partial charge in [0.2, 0.25) is 17.2 Å². The molecule has 0 spiro atoms. The standard InChI is InChI=1S/C7H7ClN6/c1-9-6-11-5(8)12-7(13-6)14-3-2-10-4-14/h2-4H,1H3,(H,9,11,12,13). The van der Waals surface area contributed by atoms with E-state index in [1.807, 2.05) is 0 Å². The molecule has 0 bridgehead atoms. The zero-order valence-electron chi connectivity index (χ0n) is 7.35. The van der Waals surface area contributed by atoms with Gasteiger partial charge in [-0.3, -0.25) is 4.57 Å². The second kappa shape index (κ2) is 3.59. The first-order chi connectivity index (χ1) is 6.79. The highest BCUT2D eigenvalue weighted by atomic mass is 35.5. The molecule has 0 saturated heterocycles. The summed E-state index contributed by atoms with van der Waals surface area (Å²) in [5.41, 5.74) is 0. The summed E-state index contributed by atoms with van der Waals surface area (Å²) in [6.45, 7) is 0. The SMILES string of the molecule is CNc1nc(Cl)nc(-n2ccnc2)n1. The fraction of sp³-hybridized carbons (Fsp3) is 0.143. The van der Waals surface area contributed by atoms with E-state index in [2.05, 4.69) is 25.3 Å². The molecule has 2 heterocycles. The Balaban J connectivity index is 2.48. The molecule has 0 amide bonds. The predicted octanol–water partition coefficient (Wildman–Crippen LogP) is 0.752. The van der Waals surface area contributed by atoms with Gasteiger partial charge in [-0.2, -0.15) is 15.0 Å². The first kappa shape index (κ1) is 8.89. The van der Waals surface area contributed by atoms with Crippen molar-refractivity contribution in [1.82, 2.24) is 24.5 Å². The molecule has 1 N–H and O–H groups in total. The Kier molecular flexibility index (Phi) is 2.28. The van der Waals surface area contributed by atoms with Gasteiger partial charge in [0.1, 0.15) is 6.33 Å². The normalized spacial score (nSPS) is 10.1. The fourth-order valence-corrected chi connectivity index (χ4v) is 1.10. The van der Waals surface area contributed by atoms with Gasteiger partial charge in [-0.1, -0.05) is 0 Å². The molecule has 2 aromatic heterocycles. The van der Waals surface area contributed by atoms with Crippen molar-refractivity contribution in [2.75, 3.05) is 12.4 Å². The van der Waals surface area contributed by atoms with E-state index >= 15 is 0 Å². The van der Waals surface area contributed by atoms with Gasteiger partial charge in [-0.05, 0) is 11.6 Å². The van der Waals surface area contributed by atoms with Gasteiger partial charge >= 0.3 is 0 Å². The molecule has 0 unspecified atom stereocenters. The quantitative estimate of drug-likeness (QED) is 0.792. The molecule has 0 aliphatic carbocycles. The average molecular weight is 211 g/mol. The summed E-state index contributed by atoms with van der Waals surface area (Å²) < 4.78 is 1.65. The van der Waals surface area contributed by atoms with E-state index in [1.165, 1.54) is 0 Å². The van der Waals surface area contributed by atoms with Gasteiger partial charge in [-0.25, -0.2) is 4.98 Å². The number of aromatic nitrogens is 5. The van der Waals surface area contributed by atoms with Crippen LogP contribution in [0.2, 0.25) is 5.28 Å². The molecular weight excluding hydrogens is 204 g/mol. The third-order valence-corrected chi connectivity index (χ3v) is 1.72. The molecule has 2 rings (SSSR count). The Hall–Kier alpha value is -1.69. The molecule has 0 radical (unpaired) electrons. The molecule has 2 aromatic rings. The molecule has 14 heavy (non-hydrogen) atoms. The van der Waals surface area contributed by atoms with Gasteiger partial charge in [0.25, 0.3) is 0 Å². The Labute approximate surface area is 85.0 Å². The lowest BCUT2D eigenvalue weighted by molar-refractivity contribution is 0.897. The van der Waals surface area contributed by atoms with E-state index in [1.54, 1.807) is 30.3 Å². The minimum Gasteiger partial charge on any atom is -0.357 e. The van der Waals surface area contributed by atoms with Gasteiger partial charge < -0.3 is 5.32 Å². The van der Waals surface area contributed by atoms with Gasteiger partial charge in [0.05, 0.1) is 0 Å². The highest BCUT2D eigenvalue weighted by Crippen LogP contribution is 2.08. The molecule has 0 aliphatic rings. The Morgan fingerprint density at radius 1 is 1.36 bits per heavy atom. The molecule has 72 valence electrons. The van der Waals surface area contributed by atoms with Crippen molar-refractivity contribution in [3.63, 3.8) is 0 Å². The van der Waals surface area contributed by atoms with Gasteiger partial charge in [0, 0.05) is 19.4 Å². The second-order valence-corrected chi connectivity index (χ2v) is 2.79. The molecular formula is C7H7ClN6. The number of nitrogens with one attached hydrogen (secondary N) is 1. The monoisotopic (exact) mass is 210 g/mol. The largest absolute Gasteiger partial charge is 0.357 e. The van der Waals surface area contributed by atoms with E-state index in [4.69, 9.17) is 11.6 Å². The zero-order valence-corrected chi connectivity index (χ0v) is 8.10. The topological polar surface area (TPSA) is 68.5 Å². The number of hydrogen-bond acceptors (Lipinski definition) is 5. The first-order valence-corrected chi connectivity index (χ1v) is 4.25. The van der Waals surface area contributed by atoms with Crippen LogP contribution >= 0.6 is 11.6 Å². The van der Waals surface area contributed by atoms with Crippen molar-refractivity contribution >= 4 is 17.5 Å². The zero-order chi connectivity index (χ0) is 9.97. The highest BCUT2D eigenvalue weighted by Gasteiger charge is 2.04. The molecule has 0 atom stereocenters. The second-order valence-electron chi connectivity index (χ2n) is 2.45. The summed E-state index contributed by atoms with van der Waals surface area (Å²) in [6, 6.07) is 0. The van der Waals surface area contributed by atoms with Crippen molar-refractivity contribution in [1.29, 1.82) is 0 Å². The lowest BCUT2D eigenvalue weighted by Crippen LogP contribution is -2.05. The lowest BCUT2D eigenvalue weighted by atomic mass is 10.8. The summed E-state index contributed by atoms with van der Waals surface area (Å²) >= 11 is 5.71. The summed E-state index contributed by atoms with van der Waals surface area (Å²) in [7, 11) is 1.71. The number of hydrogen-bond donors (Lipinski definition) is 1. The van der Waals surface area contributed by atoms with Gasteiger partial charge in [0.15, 0.2) is 0 Å². The highest BCUT2D eigenvalue weighted by molar-refractivity contribution is 6.28. The fourth-order valence-electron chi connectivity index (χ4n) is 0.944. The molecule has 0 aromatic carbocycles. The van der Waals surface area contributed by atoms with Crippen LogP contribution in [0.4, 0.5) is 5.95 Å². The van der Waals surface area contributed by atoms with E-state index in [9.17, 15) is 0 Å². The number of imidazole rings is 1. The van der Waals surface area contributed by atoms with Crippen LogP contribution in [-0.4, -0.2) is 31.6 Å². The van der Waals surface area contributed by atoms with Crippen molar-refractivity contribution < 1.29 is 0 Å². The van der Waals surface area contributed by atoms with Crippen LogP contribution in [0.5, 0.6) is 0 Å². The molecule has 0 fully saturated rings. The van der Waals surface area contributed by atoms with Crippen molar-refractivity contribution in [2.45, 2.75) is 0 Å². The van der Waals surface area contributed by atoms with Crippen molar-refractivity contribution in [3.05, 3.63) is 24.0 Å². The average Bonchev–Trinajstić information content (AvgIpc) is 2.69. The maximum atomic E-state index is 5.71. The summed E-state index contributed by atoms with van der Waals surface area (Å²) in [4.78, 5) is 15.8. The molecule has 6 nitrogen and oxygen atoms in total. The minimum atomic E-state index is 0.146. The number of rotatable bonds is 2. The predicted molar refractivity (Wildman–Crippen MR) is 51.5 cm³/mol. The minimum absolute atomic E-state index is 0.146. The van der Waals surface area contributed by atoms with Crippen LogP contribution in [0.25, 0.3) is 5.95 Å². The lowest BCUT2D eigenvalue weighted by Gasteiger charge is -2.02. The summed E-state index contributed by atoms with van der Waals surface area (Å²) in [6.07, 6.45) is 4.95.